The molecule has 5 rings (SSSR count). The van der Waals surface area contributed by atoms with E-state index < -0.39 is 11.5 Å². The average molecular weight is 500 g/mol. The maximum Gasteiger partial charge on any atom is 0.312 e. The number of methoxy groups -OCH3 is 1. The van der Waals surface area contributed by atoms with Crippen LogP contribution in [0.2, 0.25) is 0 Å². The number of esters is 1. The summed E-state index contributed by atoms with van der Waals surface area (Å²) in [6.45, 7) is 16.3. The van der Waals surface area contributed by atoms with E-state index in [1.807, 2.05) is 0 Å². The van der Waals surface area contributed by atoms with E-state index in [1.165, 1.54) is 12.0 Å². The Morgan fingerprint density at radius 2 is 1.67 bits per heavy atom. The van der Waals surface area contributed by atoms with Crippen LogP contribution in [0.4, 0.5) is 0 Å². The molecule has 0 saturated heterocycles. The molecular formula is C31H49NO4. The summed E-state index contributed by atoms with van der Waals surface area (Å²) in [4.78, 5) is 13.4. The standard InChI is InChI=1S/C31H49NO4/c1-19(2)20-10-15-31(26(34)36-7)17-16-29(5)21(25(20)31)8-9-23-27(3)13-12-24(33)28(4,18-32-35)22(27)11-14-30(23,29)6/h18,20-25,33,35H,1,8-17H2,2-7H3/b32-18-/t20-,21?,22+,23+,24?,25+,27-,28?,29+,30+,31-/m0/s1. The predicted octanol–water partition coefficient (Wildman–Crippen LogP) is 6.62. The summed E-state index contributed by atoms with van der Waals surface area (Å²) in [7, 11) is 1.57. The zero-order valence-electron chi connectivity index (χ0n) is 23.5. The van der Waals surface area contributed by atoms with Gasteiger partial charge in [-0.1, -0.05) is 39.8 Å². The Balaban J connectivity index is 1.56. The molecule has 0 spiro atoms. The number of ether oxygens (including phenoxy) is 1. The molecule has 3 unspecified atom stereocenters. The normalized spacial score (nSPS) is 54.2. The second-order valence-corrected chi connectivity index (χ2v) is 14.5. The van der Waals surface area contributed by atoms with Crippen LogP contribution < -0.4 is 0 Å². The van der Waals surface area contributed by atoms with Crippen LogP contribution in [0.3, 0.4) is 0 Å². The van der Waals surface area contributed by atoms with E-state index in [0.29, 0.717) is 29.6 Å². The number of carbonyl (C=O) groups is 1. The third-order valence-electron chi connectivity index (χ3n) is 13.7. The number of rotatable bonds is 3. The van der Waals surface area contributed by atoms with Crippen molar-refractivity contribution in [3.63, 3.8) is 0 Å². The molecule has 5 aliphatic carbocycles. The van der Waals surface area contributed by atoms with E-state index in [4.69, 9.17) is 4.74 Å². The highest BCUT2D eigenvalue weighted by molar-refractivity contribution is 5.78. The summed E-state index contributed by atoms with van der Waals surface area (Å²) in [6, 6.07) is 0. The number of hydrogen-bond acceptors (Lipinski definition) is 5. The minimum atomic E-state index is -0.496. The van der Waals surface area contributed by atoms with Crippen molar-refractivity contribution in [1.82, 2.24) is 0 Å². The molecular weight excluding hydrogens is 450 g/mol. The van der Waals surface area contributed by atoms with Crippen molar-refractivity contribution in [2.45, 2.75) is 105 Å². The van der Waals surface area contributed by atoms with Gasteiger partial charge in [0.05, 0.1) is 24.8 Å². The first-order chi connectivity index (χ1) is 16.9. The van der Waals surface area contributed by atoms with Gasteiger partial charge in [0.2, 0.25) is 0 Å². The van der Waals surface area contributed by atoms with E-state index in [9.17, 15) is 15.1 Å². The monoisotopic (exact) mass is 499 g/mol. The van der Waals surface area contributed by atoms with Crippen molar-refractivity contribution in [1.29, 1.82) is 0 Å². The van der Waals surface area contributed by atoms with Crippen LogP contribution >= 0.6 is 0 Å². The smallest absolute Gasteiger partial charge is 0.312 e. The first-order valence-electron chi connectivity index (χ1n) is 14.5. The lowest BCUT2D eigenvalue weighted by molar-refractivity contribution is -0.242. The lowest BCUT2D eigenvalue weighted by Gasteiger charge is -2.72. The van der Waals surface area contributed by atoms with E-state index >= 15 is 0 Å². The fourth-order valence-electron chi connectivity index (χ4n) is 11.7. The number of aliphatic hydroxyl groups excluding tert-OH is 1. The molecule has 0 aromatic heterocycles. The summed E-state index contributed by atoms with van der Waals surface area (Å²) in [6.07, 6.45) is 11.4. The van der Waals surface area contributed by atoms with Crippen molar-refractivity contribution in [2.24, 2.45) is 61.8 Å². The maximum atomic E-state index is 13.4. The molecule has 5 aliphatic rings. The highest BCUT2D eigenvalue weighted by atomic mass is 16.5. The Labute approximate surface area is 218 Å². The molecule has 11 atom stereocenters. The molecule has 0 radical (unpaired) electrons. The molecule has 0 heterocycles. The Hall–Kier alpha value is -1.36. The molecule has 0 aliphatic heterocycles. The SMILES string of the molecule is C=C(C)[C@@H]1CC[C@]2(C(=O)OC)CC[C@]3(C)C(CC[C@@H]4[C@@]5(C)CCC(O)C(C)(/C=N\O)[C@@H]5CC[C@]43C)[C@@H]12. The topological polar surface area (TPSA) is 79.1 Å². The minimum absolute atomic E-state index is 0.0153. The second-order valence-electron chi connectivity index (χ2n) is 14.5. The van der Waals surface area contributed by atoms with Gasteiger partial charge in [-0.25, -0.2) is 0 Å². The second kappa shape index (κ2) is 8.32. The van der Waals surface area contributed by atoms with Gasteiger partial charge in [-0.2, -0.15) is 0 Å². The van der Waals surface area contributed by atoms with E-state index in [1.54, 1.807) is 13.3 Å². The van der Waals surface area contributed by atoms with Crippen LogP contribution in [0.5, 0.6) is 0 Å². The zero-order chi connectivity index (χ0) is 26.3. The molecule has 0 aromatic carbocycles. The van der Waals surface area contributed by atoms with Crippen molar-refractivity contribution >= 4 is 12.2 Å². The number of nitrogens with zero attached hydrogens (tertiary/aromatic N) is 1. The zero-order valence-corrected chi connectivity index (χ0v) is 23.5. The molecule has 5 fully saturated rings. The van der Waals surface area contributed by atoms with Crippen molar-refractivity contribution in [3.05, 3.63) is 12.2 Å². The van der Waals surface area contributed by atoms with Gasteiger partial charge in [-0.15, -0.1) is 5.16 Å². The number of aliphatic hydroxyl groups is 1. The summed E-state index contributed by atoms with van der Waals surface area (Å²) in [5, 5.41) is 24.0. The Bertz CT molecular complexity index is 962. The predicted molar refractivity (Wildman–Crippen MR) is 142 cm³/mol. The Morgan fingerprint density at radius 1 is 0.944 bits per heavy atom. The summed E-state index contributed by atoms with van der Waals surface area (Å²) < 4.78 is 5.48. The Kier molecular flexibility index (Phi) is 6.07. The van der Waals surface area contributed by atoms with E-state index in [0.717, 1.165) is 57.8 Å². The van der Waals surface area contributed by atoms with Gasteiger partial charge >= 0.3 is 5.97 Å². The van der Waals surface area contributed by atoms with Crippen LogP contribution in [0.1, 0.15) is 98.8 Å². The first kappa shape index (κ1) is 26.3. The number of fused-ring (bicyclic) bond motifs is 7. The van der Waals surface area contributed by atoms with Gasteiger partial charge in [-0.3, -0.25) is 4.79 Å². The molecule has 5 saturated carbocycles. The molecule has 0 amide bonds. The molecule has 36 heavy (non-hydrogen) atoms. The highest BCUT2D eigenvalue weighted by Gasteiger charge is 2.72. The summed E-state index contributed by atoms with van der Waals surface area (Å²) in [5.41, 5.74) is 0.809. The quantitative estimate of drug-likeness (QED) is 0.150. The van der Waals surface area contributed by atoms with E-state index in [-0.39, 0.29) is 27.6 Å². The highest BCUT2D eigenvalue weighted by Crippen LogP contribution is 2.77. The number of hydrogen-bond donors (Lipinski definition) is 2. The molecule has 0 aromatic rings. The number of oxime groups is 1. The largest absolute Gasteiger partial charge is 0.469 e. The van der Waals surface area contributed by atoms with Crippen LogP contribution in [-0.2, 0) is 9.53 Å². The third-order valence-corrected chi connectivity index (χ3v) is 13.7. The van der Waals surface area contributed by atoms with Crippen LogP contribution in [0, 0.1) is 56.7 Å². The van der Waals surface area contributed by atoms with Gasteiger partial charge in [0.15, 0.2) is 0 Å². The fraction of sp³-hybridized carbons (Fsp3) is 0.871. The summed E-state index contributed by atoms with van der Waals surface area (Å²) in [5.74, 6) is 2.09. The lowest BCUT2D eigenvalue weighted by atomic mass is 9.32. The maximum absolute atomic E-state index is 13.4. The van der Waals surface area contributed by atoms with Crippen molar-refractivity contribution < 1.29 is 19.8 Å². The van der Waals surface area contributed by atoms with Crippen molar-refractivity contribution in [2.75, 3.05) is 7.11 Å². The first-order valence-corrected chi connectivity index (χ1v) is 14.5. The van der Waals surface area contributed by atoms with E-state index in [2.05, 4.69) is 46.4 Å². The third kappa shape index (κ3) is 3.04. The summed E-state index contributed by atoms with van der Waals surface area (Å²) >= 11 is 0. The van der Waals surface area contributed by atoms with Crippen LogP contribution in [0.25, 0.3) is 0 Å². The van der Waals surface area contributed by atoms with Crippen LogP contribution in [0.15, 0.2) is 17.3 Å². The molecule has 2 N–H and O–H groups in total. The molecule has 0 bridgehead atoms. The van der Waals surface area contributed by atoms with Crippen molar-refractivity contribution in [3.8, 4) is 0 Å². The minimum Gasteiger partial charge on any atom is -0.469 e. The van der Waals surface area contributed by atoms with Gasteiger partial charge in [-0.05, 0) is 117 Å². The van der Waals surface area contributed by atoms with Gasteiger partial charge in [0.25, 0.3) is 0 Å². The Morgan fingerprint density at radius 3 is 2.31 bits per heavy atom. The molecule has 5 nitrogen and oxygen atoms in total. The van der Waals surface area contributed by atoms with Gasteiger partial charge in [0.1, 0.15) is 0 Å². The fourth-order valence-corrected chi connectivity index (χ4v) is 11.7. The number of allylic oxidation sites excluding steroid dienone is 1. The average Bonchev–Trinajstić information content (AvgIpc) is 3.23. The van der Waals surface area contributed by atoms with Gasteiger partial charge < -0.3 is 15.1 Å². The molecule has 202 valence electrons. The van der Waals surface area contributed by atoms with Gasteiger partial charge in [0, 0.05) is 5.41 Å². The number of carbonyl (C=O) groups excluding carboxylic acids is 1. The van der Waals surface area contributed by atoms with Crippen LogP contribution in [-0.4, -0.2) is 35.7 Å². The lowest BCUT2D eigenvalue weighted by Crippen LogP contribution is -2.67. The molecule has 5 heteroatoms.